The van der Waals surface area contributed by atoms with Crippen LogP contribution in [0.15, 0.2) is 59.5 Å². The first kappa shape index (κ1) is 17.1. The zero-order valence-electron chi connectivity index (χ0n) is 14.4. The summed E-state index contributed by atoms with van der Waals surface area (Å²) in [5, 5.41) is 3.14. The largest absolute Gasteiger partial charge is 0.349 e. The Hall–Kier alpha value is -2.34. The highest BCUT2D eigenvalue weighted by Crippen LogP contribution is 2.44. The van der Waals surface area contributed by atoms with E-state index in [9.17, 15) is 13.2 Å². The molecule has 0 radical (unpaired) electrons. The lowest BCUT2D eigenvalue weighted by molar-refractivity contribution is 0.0923. The molecule has 2 aromatic carbocycles. The van der Waals surface area contributed by atoms with Gasteiger partial charge in [-0.3, -0.25) is 9.52 Å². The predicted molar refractivity (Wildman–Crippen MR) is 100 cm³/mol. The van der Waals surface area contributed by atoms with Crippen molar-refractivity contribution in [2.45, 2.75) is 36.6 Å². The van der Waals surface area contributed by atoms with Crippen LogP contribution in [0, 0.1) is 11.8 Å². The van der Waals surface area contributed by atoms with Gasteiger partial charge in [0.2, 0.25) is 0 Å². The third-order valence-electron chi connectivity index (χ3n) is 5.51. The smallest absolute Gasteiger partial charge is 0.261 e. The number of carbonyl (C=O) groups is 1. The molecule has 2 N–H and O–H groups in total. The Balaban J connectivity index is 1.41. The Morgan fingerprint density at radius 2 is 1.65 bits per heavy atom. The minimum atomic E-state index is -3.62. The Kier molecular flexibility index (Phi) is 4.44. The van der Waals surface area contributed by atoms with Gasteiger partial charge >= 0.3 is 0 Å². The lowest BCUT2D eigenvalue weighted by atomic mass is 9.95. The molecule has 4 rings (SSSR count). The van der Waals surface area contributed by atoms with Gasteiger partial charge in [0.25, 0.3) is 15.9 Å². The van der Waals surface area contributed by atoms with Crippen LogP contribution in [0.2, 0.25) is 0 Å². The summed E-state index contributed by atoms with van der Waals surface area (Å²) < 4.78 is 27.2. The van der Waals surface area contributed by atoms with Gasteiger partial charge in [0.15, 0.2) is 0 Å². The van der Waals surface area contributed by atoms with E-state index in [1.165, 1.54) is 19.3 Å². The van der Waals surface area contributed by atoms with E-state index in [1.807, 2.05) is 0 Å². The van der Waals surface area contributed by atoms with E-state index in [0.29, 0.717) is 17.2 Å². The summed E-state index contributed by atoms with van der Waals surface area (Å²) in [5.74, 6) is 1.32. The minimum absolute atomic E-state index is 0.0833. The number of benzene rings is 2. The average Bonchev–Trinajstić information content (AvgIpc) is 3.26. The van der Waals surface area contributed by atoms with Crippen molar-refractivity contribution in [3.63, 3.8) is 0 Å². The van der Waals surface area contributed by atoms with Gasteiger partial charge < -0.3 is 5.32 Å². The van der Waals surface area contributed by atoms with E-state index < -0.39 is 10.0 Å². The number of amides is 1. The van der Waals surface area contributed by atoms with Crippen LogP contribution in [0.1, 0.15) is 36.0 Å². The lowest BCUT2D eigenvalue weighted by Gasteiger charge is -2.22. The number of fused-ring (bicyclic) bond motifs is 2. The van der Waals surface area contributed by atoms with Crippen LogP contribution in [0.4, 0.5) is 5.69 Å². The SMILES string of the molecule is O=C(N[C@H]1C[C@@H]2CC[C@@H]1C2)c1ccc(NS(=O)(=O)c2ccccc2)cc1. The van der Waals surface area contributed by atoms with Crippen LogP contribution in [0.5, 0.6) is 0 Å². The molecule has 0 aliphatic heterocycles. The molecule has 5 nitrogen and oxygen atoms in total. The highest BCUT2D eigenvalue weighted by Gasteiger charge is 2.40. The van der Waals surface area contributed by atoms with Gasteiger partial charge in [0, 0.05) is 17.3 Å². The highest BCUT2D eigenvalue weighted by molar-refractivity contribution is 7.92. The van der Waals surface area contributed by atoms with Crippen molar-refractivity contribution in [1.82, 2.24) is 5.32 Å². The van der Waals surface area contributed by atoms with Gasteiger partial charge in [-0.25, -0.2) is 8.42 Å². The number of anilines is 1. The molecule has 3 atom stereocenters. The quantitative estimate of drug-likeness (QED) is 0.847. The standard InChI is InChI=1S/C20H22N2O3S/c23-20(21-19-13-14-6-7-16(19)12-14)15-8-10-17(11-9-15)22-26(24,25)18-4-2-1-3-5-18/h1-5,8-11,14,16,19,22H,6-7,12-13H2,(H,21,23)/t14-,16-,19+/m1/s1. The van der Waals surface area contributed by atoms with Crippen LogP contribution in [-0.4, -0.2) is 20.4 Å². The summed E-state index contributed by atoms with van der Waals surface area (Å²) in [6.07, 6.45) is 4.85. The second-order valence-electron chi connectivity index (χ2n) is 7.25. The molecule has 0 spiro atoms. The van der Waals surface area contributed by atoms with Crippen LogP contribution in [-0.2, 0) is 10.0 Å². The molecule has 2 saturated carbocycles. The first-order valence-electron chi connectivity index (χ1n) is 9.00. The molecule has 2 aromatic rings. The molecule has 2 fully saturated rings. The van der Waals surface area contributed by atoms with E-state index in [2.05, 4.69) is 10.0 Å². The van der Waals surface area contributed by atoms with Crippen LogP contribution >= 0.6 is 0 Å². The molecule has 0 saturated heterocycles. The summed E-state index contributed by atoms with van der Waals surface area (Å²) in [7, 11) is -3.62. The normalized spacial score (nSPS) is 24.4. The number of carbonyl (C=O) groups excluding carboxylic acids is 1. The molecule has 2 bridgehead atoms. The first-order chi connectivity index (χ1) is 12.5. The minimum Gasteiger partial charge on any atom is -0.349 e. The van der Waals surface area contributed by atoms with E-state index in [-0.39, 0.29) is 16.8 Å². The van der Waals surface area contributed by atoms with Crippen molar-refractivity contribution in [3.05, 3.63) is 60.2 Å². The monoisotopic (exact) mass is 370 g/mol. The maximum Gasteiger partial charge on any atom is 0.261 e. The molecule has 0 unspecified atom stereocenters. The zero-order valence-corrected chi connectivity index (χ0v) is 15.2. The fourth-order valence-electron chi connectivity index (χ4n) is 4.18. The first-order valence-corrected chi connectivity index (χ1v) is 10.5. The van der Waals surface area contributed by atoms with Crippen LogP contribution in [0.3, 0.4) is 0 Å². The van der Waals surface area contributed by atoms with Crippen molar-refractivity contribution in [2.24, 2.45) is 11.8 Å². The average molecular weight is 370 g/mol. The van der Waals surface area contributed by atoms with Gasteiger partial charge in [-0.15, -0.1) is 0 Å². The van der Waals surface area contributed by atoms with Gasteiger partial charge in [0.1, 0.15) is 0 Å². The zero-order chi connectivity index (χ0) is 18.1. The van der Waals surface area contributed by atoms with Gasteiger partial charge in [-0.2, -0.15) is 0 Å². The molecule has 6 heteroatoms. The number of rotatable bonds is 5. The van der Waals surface area contributed by atoms with Gasteiger partial charge in [-0.1, -0.05) is 24.6 Å². The van der Waals surface area contributed by atoms with Crippen molar-refractivity contribution in [3.8, 4) is 0 Å². The summed E-state index contributed by atoms with van der Waals surface area (Å²) in [4.78, 5) is 12.7. The maximum absolute atomic E-state index is 12.4. The summed E-state index contributed by atoms with van der Waals surface area (Å²) >= 11 is 0. The lowest BCUT2D eigenvalue weighted by Crippen LogP contribution is -2.38. The molecule has 0 heterocycles. The van der Waals surface area contributed by atoms with Gasteiger partial charge in [-0.05, 0) is 67.5 Å². The molecule has 2 aliphatic carbocycles. The molecular weight excluding hydrogens is 348 g/mol. The molecule has 26 heavy (non-hydrogen) atoms. The molecule has 0 aromatic heterocycles. The molecular formula is C20H22N2O3S. The third kappa shape index (κ3) is 3.46. The Labute approximate surface area is 153 Å². The van der Waals surface area contributed by atoms with Gasteiger partial charge in [0.05, 0.1) is 4.90 Å². The van der Waals surface area contributed by atoms with Crippen molar-refractivity contribution < 1.29 is 13.2 Å². The molecule has 2 aliphatic rings. The summed E-state index contributed by atoms with van der Waals surface area (Å²) in [6, 6.07) is 15.1. The fourth-order valence-corrected chi connectivity index (χ4v) is 5.26. The Bertz CT molecular complexity index is 894. The van der Waals surface area contributed by atoms with E-state index in [0.717, 1.165) is 12.3 Å². The Morgan fingerprint density at radius 3 is 2.27 bits per heavy atom. The Morgan fingerprint density at radius 1 is 0.923 bits per heavy atom. The predicted octanol–water partition coefficient (Wildman–Crippen LogP) is 3.41. The number of sulfonamides is 1. The topological polar surface area (TPSA) is 75.3 Å². The number of hydrogen-bond donors (Lipinski definition) is 2. The maximum atomic E-state index is 12.4. The second kappa shape index (κ2) is 6.76. The van der Waals surface area contributed by atoms with E-state index in [4.69, 9.17) is 0 Å². The second-order valence-corrected chi connectivity index (χ2v) is 8.93. The number of hydrogen-bond acceptors (Lipinski definition) is 3. The highest BCUT2D eigenvalue weighted by atomic mass is 32.2. The van der Waals surface area contributed by atoms with E-state index >= 15 is 0 Å². The third-order valence-corrected chi connectivity index (χ3v) is 6.90. The van der Waals surface area contributed by atoms with Crippen molar-refractivity contribution in [1.29, 1.82) is 0 Å². The van der Waals surface area contributed by atoms with Crippen molar-refractivity contribution >= 4 is 21.6 Å². The van der Waals surface area contributed by atoms with Crippen LogP contribution < -0.4 is 10.0 Å². The summed E-state index contributed by atoms with van der Waals surface area (Å²) in [6.45, 7) is 0. The van der Waals surface area contributed by atoms with Crippen LogP contribution in [0.25, 0.3) is 0 Å². The molecule has 136 valence electrons. The fraction of sp³-hybridized carbons (Fsp3) is 0.350. The van der Waals surface area contributed by atoms with Crippen molar-refractivity contribution in [2.75, 3.05) is 4.72 Å². The number of nitrogens with one attached hydrogen (secondary N) is 2. The van der Waals surface area contributed by atoms with E-state index in [1.54, 1.807) is 54.6 Å². The molecule has 1 amide bonds. The summed E-state index contributed by atoms with van der Waals surface area (Å²) in [5.41, 5.74) is 0.987.